The van der Waals surface area contributed by atoms with Crippen LogP contribution in [0.4, 0.5) is 0 Å². The second-order valence-electron chi connectivity index (χ2n) is 5.13. The van der Waals surface area contributed by atoms with Crippen LogP contribution >= 0.6 is 0 Å². The van der Waals surface area contributed by atoms with Crippen molar-refractivity contribution in [3.05, 3.63) is 66.6 Å². The molecule has 1 amide bonds. The molecule has 4 aromatic rings. The Bertz CT molecular complexity index is 958. The zero-order valence-corrected chi connectivity index (χ0v) is 12.5. The van der Waals surface area contributed by atoms with Crippen molar-refractivity contribution in [1.82, 2.24) is 35.0 Å². The zero-order chi connectivity index (χ0) is 16.4. The number of pyridine rings is 1. The Morgan fingerprint density at radius 3 is 3.00 bits per heavy atom. The molecule has 8 nitrogen and oxygen atoms in total. The van der Waals surface area contributed by atoms with Crippen LogP contribution in [-0.4, -0.2) is 35.6 Å². The molecular weight excluding hydrogens is 306 g/mol. The van der Waals surface area contributed by atoms with Gasteiger partial charge in [-0.15, -0.1) is 0 Å². The number of hydrogen-bond donors (Lipinski definition) is 2. The number of benzene rings is 1. The van der Waals surface area contributed by atoms with E-state index in [2.05, 4.69) is 30.4 Å². The quantitative estimate of drug-likeness (QED) is 0.593. The van der Waals surface area contributed by atoms with Gasteiger partial charge in [0, 0.05) is 11.8 Å². The molecule has 0 bridgehead atoms. The normalized spacial score (nSPS) is 10.8. The lowest BCUT2D eigenvalue weighted by Crippen LogP contribution is -2.23. The fraction of sp³-hybridized carbons (Fsp3) is 0.0625. The summed E-state index contributed by atoms with van der Waals surface area (Å²) in [5.41, 5.74) is 2.31. The van der Waals surface area contributed by atoms with E-state index in [0.29, 0.717) is 23.8 Å². The molecule has 0 fully saturated rings. The molecule has 3 aromatic heterocycles. The molecule has 0 aliphatic heterocycles. The first kappa shape index (κ1) is 14.1. The lowest BCUT2D eigenvalue weighted by Gasteiger charge is -2.05. The molecule has 0 atom stereocenters. The number of H-pyrrole nitrogens is 1. The van der Waals surface area contributed by atoms with E-state index < -0.39 is 0 Å². The Kier molecular flexibility index (Phi) is 3.47. The number of hydrogen-bond acceptors (Lipinski definition) is 5. The van der Waals surface area contributed by atoms with Crippen molar-refractivity contribution in [3.8, 4) is 5.82 Å². The number of fused-ring (bicyclic) bond motifs is 1. The lowest BCUT2D eigenvalue weighted by atomic mass is 10.2. The number of imidazole rings is 1. The first-order valence-electron chi connectivity index (χ1n) is 7.32. The van der Waals surface area contributed by atoms with Crippen molar-refractivity contribution >= 4 is 16.9 Å². The van der Waals surface area contributed by atoms with Crippen molar-refractivity contribution in [2.75, 3.05) is 0 Å². The highest BCUT2D eigenvalue weighted by Gasteiger charge is 2.09. The van der Waals surface area contributed by atoms with Crippen LogP contribution in [0.2, 0.25) is 0 Å². The molecule has 0 radical (unpaired) electrons. The van der Waals surface area contributed by atoms with Gasteiger partial charge in [-0.1, -0.05) is 12.1 Å². The summed E-state index contributed by atoms with van der Waals surface area (Å²) >= 11 is 0. The number of nitrogens with zero attached hydrogens (tertiary/aromatic N) is 5. The van der Waals surface area contributed by atoms with E-state index in [1.165, 1.54) is 17.3 Å². The molecule has 8 heteroatoms. The van der Waals surface area contributed by atoms with Gasteiger partial charge in [0.05, 0.1) is 17.6 Å². The summed E-state index contributed by atoms with van der Waals surface area (Å²) in [6.45, 7) is 0.314. The minimum absolute atomic E-state index is 0.209. The van der Waals surface area contributed by atoms with Crippen molar-refractivity contribution in [3.63, 3.8) is 0 Å². The van der Waals surface area contributed by atoms with Crippen LogP contribution in [-0.2, 0) is 6.54 Å². The average molecular weight is 319 g/mol. The molecule has 3 heterocycles. The molecule has 24 heavy (non-hydrogen) atoms. The highest BCUT2D eigenvalue weighted by atomic mass is 16.1. The number of para-hydroxylation sites is 2. The standard InChI is InChI=1S/C16H13N7O/c24-16(11-5-6-18-15(7-11)23-10-17-9-20-23)19-8-14-21-12-3-1-2-4-13(12)22-14/h1-7,9-10H,8H2,(H,19,24)(H,21,22). The van der Waals surface area contributed by atoms with Gasteiger partial charge in [-0.2, -0.15) is 5.10 Å². The first-order valence-corrected chi connectivity index (χ1v) is 7.32. The molecule has 118 valence electrons. The Balaban J connectivity index is 1.49. The van der Waals surface area contributed by atoms with E-state index in [1.54, 1.807) is 18.3 Å². The number of rotatable bonds is 4. The average Bonchev–Trinajstić information content (AvgIpc) is 3.29. The number of carbonyl (C=O) groups is 1. The predicted molar refractivity (Wildman–Crippen MR) is 86.4 cm³/mol. The van der Waals surface area contributed by atoms with Gasteiger partial charge in [0.25, 0.3) is 5.91 Å². The smallest absolute Gasteiger partial charge is 0.251 e. The van der Waals surface area contributed by atoms with Gasteiger partial charge in [0.2, 0.25) is 0 Å². The van der Waals surface area contributed by atoms with Crippen molar-refractivity contribution in [2.45, 2.75) is 6.54 Å². The molecule has 0 saturated carbocycles. The minimum Gasteiger partial charge on any atom is -0.345 e. The number of aromatic amines is 1. The minimum atomic E-state index is -0.209. The Hall–Kier alpha value is -3.55. The van der Waals surface area contributed by atoms with E-state index in [4.69, 9.17) is 0 Å². The maximum atomic E-state index is 12.3. The number of nitrogens with one attached hydrogen (secondary N) is 2. The molecule has 0 aliphatic carbocycles. The summed E-state index contributed by atoms with van der Waals surface area (Å²) in [7, 11) is 0. The molecular formula is C16H13N7O. The fourth-order valence-corrected chi connectivity index (χ4v) is 2.37. The van der Waals surface area contributed by atoms with Crippen molar-refractivity contribution < 1.29 is 4.79 Å². The van der Waals surface area contributed by atoms with Crippen molar-refractivity contribution in [2.24, 2.45) is 0 Å². The summed E-state index contributed by atoms with van der Waals surface area (Å²) in [6, 6.07) is 11.0. The monoisotopic (exact) mass is 319 g/mol. The molecule has 0 aliphatic rings. The number of amides is 1. The van der Waals surface area contributed by atoms with Gasteiger partial charge in [-0.3, -0.25) is 4.79 Å². The second-order valence-corrected chi connectivity index (χ2v) is 5.13. The molecule has 2 N–H and O–H groups in total. The van der Waals surface area contributed by atoms with Crippen LogP contribution in [0.25, 0.3) is 16.9 Å². The maximum Gasteiger partial charge on any atom is 0.251 e. The van der Waals surface area contributed by atoms with Crippen LogP contribution in [0.5, 0.6) is 0 Å². The summed E-state index contributed by atoms with van der Waals surface area (Å²) in [4.78, 5) is 28.0. The summed E-state index contributed by atoms with van der Waals surface area (Å²) in [5, 5.41) is 6.84. The van der Waals surface area contributed by atoms with E-state index in [9.17, 15) is 4.79 Å². The van der Waals surface area contributed by atoms with E-state index in [-0.39, 0.29) is 5.91 Å². The second kappa shape index (κ2) is 5.92. The molecule has 0 saturated heterocycles. The van der Waals surface area contributed by atoms with Gasteiger partial charge in [-0.25, -0.2) is 19.6 Å². The first-order chi connectivity index (χ1) is 11.8. The molecule has 1 aromatic carbocycles. The van der Waals surface area contributed by atoms with Crippen molar-refractivity contribution in [1.29, 1.82) is 0 Å². The van der Waals surface area contributed by atoms with Crippen LogP contribution in [0.1, 0.15) is 16.2 Å². The van der Waals surface area contributed by atoms with E-state index in [1.807, 2.05) is 24.3 Å². The van der Waals surface area contributed by atoms with E-state index in [0.717, 1.165) is 11.0 Å². The third kappa shape index (κ3) is 2.72. The Morgan fingerprint density at radius 1 is 1.25 bits per heavy atom. The highest BCUT2D eigenvalue weighted by molar-refractivity contribution is 5.94. The highest BCUT2D eigenvalue weighted by Crippen LogP contribution is 2.10. The fourth-order valence-electron chi connectivity index (χ4n) is 2.37. The van der Waals surface area contributed by atoms with Gasteiger partial charge < -0.3 is 10.3 Å². The lowest BCUT2D eigenvalue weighted by molar-refractivity contribution is 0.0950. The zero-order valence-electron chi connectivity index (χ0n) is 12.5. The summed E-state index contributed by atoms with van der Waals surface area (Å²) in [6.07, 6.45) is 4.50. The van der Waals surface area contributed by atoms with Crippen LogP contribution in [0.3, 0.4) is 0 Å². The Morgan fingerprint density at radius 2 is 2.17 bits per heavy atom. The van der Waals surface area contributed by atoms with Gasteiger partial charge in [0.15, 0.2) is 5.82 Å². The van der Waals surface area contributed by atoms with Gasteiger partial charge in [0.1, 0.15) is 18.5 Å². The topological polar surface area (TPSA) is 101 Å². The van der Waals surface area contributed by atoms with Gasteiger partial charge in [-0.05, 0) is 24.3 Å². The predicted octanol–water partition coefficient (Wildman–Crippen LogP) is 1.47. The third-order valence-corrected chi connectivity index (χ3v) is 3.52. The van der Waals surface area contributed by atoms with E-state index >= 15 is 0 Å². The van der Waals surface area contributed by atoms with Gasteiger partial charge >= 0.3 is 0 Å². The maximum absolute atomic E-state index is 12.3. The largest absolute Gasteiger partial charge is 0.345 e. The summed E-state index contributed by atoms with van der Waals surface area (Å²) in [5.74, 6) is 1.03. The third-order valence-electron chi connectivity index (χ3n) is 3.52. The van der Waals surface area contributed by atoms with Crippen LogP contribution in [0, 0.1) is 0 Å². The molecule has 4 rings (SSSR count). The van der Waals surface area contributed by atoms with Crippen LogP contribution < -0.4 is 5.32 Å². The molecule has 0 unspecified atom stereocenters. The SMILES string of the molecule is O=C(NCc1nc2ccccc2[nH]1)c1ccnc(-n2cncn2)c1. The Labute approximate surface area is 136 Å². The summed E-state index contributed by atoms with van der Waals surface area (Å²) < 4.78 is 1.50. The number of aromatic nitrogens is 6. The number of carbonyl (C=O) groups excluding carboxylic acids is 1. The molecule has 0 spiro atoms. The van der Waals surface area contributed by atoms with Crippen LogP contribution in [0.15, 0.2) is 55.2 Å².